The molecule has 1 rings (SSSR count). The number of amidine groups is 1. The maximum atomic E-state index is 13.3. The van der Waals surface area contributed by atoms with Gasteiger partial charge in [0.2, 0.25) is 0 Å². The molecule has 3 nitrogen and oxygen atoms in total. The molecule has 16 heavy (non-hydrogen) atoms. The molecular formula is C12H18FN3. The number of nitrogens with one attached hydrogen (secondary N) is 1. The summed E-state index contributed by atoms with van der Waals surface area (Å²) in [6.45, 7) is 1.40. The van der Waals surface area contributed by atoms with E-state index >= 15 is 0 Å². The number of rotatable bonds is 6. The fourth-order valence-electron chi connectivity index (χ4n) is 1.54. The Morgan fingerprint density at radius 1 is 1.44 bits per heavy atom. The lowest BCUT2D eigenvalue weighted by molar-refractivity contribution is 0.319. The maximum absolute atomic E-state index is 13.3. The molecule has 0 heterocycles. The molecule has 3 N–H and O–H groups in total. The van der Waals surface area contributed by atoms with E-state index in [0.717, 1.165) is 13.0 Å². The summed E-state index contributed by atoms with van der Waals surface area (Å²) < 4.78 is 13.3. The van der Waals surface area contributed by atoms with E-state index in [4.69, 9.17) is 11.1 Å². The number of nitrogens with zero attached hydrogens (tertiary/aromatic N) is 1. The van der Waals surface area contributed by atoms with Crippen molar-refractivity contribution in [1.29, 1.82) is 5.41 Å². The van der Waals surface area contributed by atoms with Gasteiger partial charge in [0.15, 0.2) is 0 Å². The predicted molar refractivity (Wildman–Crippen MR) is 63.9 cm³/mol. The van der Waals surface area contributed by atoms with Crippen molar-refractivity contribution < 1.29 is 4.39 Å². The van der Waals surface area contributed by atoms with Crippen LogP contribution in [-0.2, 0) is 6.54 Å². The molecule has 4 heteroatoms. The summed E-state index contributed by atoms with van der Waals surface area (Å²) in [5, 5.41) is 7.09. The smallest absolute Gasteiger partial charge is 0.127 e. The average Bonchev–Trinajstić information content (AvgIpc) is 2.21. The molecule has 0 saturated carbocycles. The number of benzene rings is 1. The summed E-state index contributed by atoms with van der Waals surface area (Å²) in [6.07, 6.45) is 1.43. The molecule has 0 saturated heterocycles. The van der Waals surface area contributed by atoms with Crippen LogP contribution in [0.1, 0.15) is 18.4 Å². The Hall–Kier alpha value is -1.42. The van der Waals surface area contributed by atoms with Gasteiger partial charge < -0.3 is 10.6 Å². The molecule has 0 amide bonds. The van der Waals surface area contributed by atoms with Crippen molar-refractivity contribution in [2.45, 2.75) is 19.4 Å². The molecular weight excluding hydrogens is 205 g/mol. The van der Waals surface area contributed by atoms with Crippen LogP contribution in [0, 0.1) is 11.2 Å². The van der Waals surface area contributed by atoms with Crippen LogP contribution in [0.15, 0.2) is 24.3 Å². The highest BCUT2D eigenvalue weighted by atomic mass is 19.1. The number of halogens is 1. The minimum atomic E-state index is -0.166. The van der Waals surface area contributed by atoms with Crippen molar-refractivity contribution in [3.05, 3.63) is 35.6 Å². The molecule has 0 aliphatic heterocycles. The van der Waals surface area contributed by atoms with Crippen LogP contribution in [-0.4, -0.2) is 24.3 Å². The molecule has 1 aromatic carbocycles. The van der Waals surface area contributed by atoms with Crippen molar-refractivity contribution in [3.8, 4) is 0 Å². The van der Waals surface area contributed by atoms with Gasteiger partial charge in [-0.1, -0.05) is 18.2 Å². The van der Waals surface area contributed by atoms with Crippen molar-refractivity contribution in [2.75, 3.05) is 13.6 Å². The summed E-state index contributed by atoms with van der Waals surface area (Å²) in [5.74, 6) is 0.0419. The van der Waals surface area contributed by atoms with Crippen molar-refractivity contribution in [3.63, 3.8) is 0 Å². The second-order valence-corrected chi connectivity index (χ2v) is 3.96. The maximum Gasteiger partial charge on any atom is 0.127 e. The van der Waals surface area contributed by atoms with Crippen LogP contribution in [0.25, 0.3) is 0 Å². The zero-order valence-corrected chi connectivity index (χ0v) is 9.54. The Labute approximate surface area is 95.6 Å². The van der Waals surface area contributed by atoms with Crippen LogP contribution < -0.4 is 5.73 Å². The summed E-state index contributed by atoms with van der Waals surface area (Å²) in [7, 11) is 1.94. The Bertz CT molecular complexity index is 352. The number of hydrogen-bond donors (Lipinski definition) is 2. The first-order valence-corrected chi connectivity index (χ1v) is 5.34. The third-order valence-electron chi connectivity index (χ3n) is 2.38. The largest absolute Gasteiger partial charge is 0.388 e. The third kappa shape index (κ3) is 4.40. The predicted octanol–water partition coefficient (Wildman–Crippen LogP) is 1.97. The highest BCUT2D eigenvalue weighted by Gasteiger charge is 2.04. The Kier molecular flexibility index (Phi) is 4.92. The zero-order valence-electron chi connectivity index (χ0n) is 9.54. The molecule has 0 bridgehead atoms. The van der Waals surface area contributed by atoms with Crippen molar-refractivity contribution in [1.82, 2.24) is 4.90 Å². The summed E-state index contributed by atoms with van der Waals surface area (Å²) >= 11 is 0. The summed E-state index contributed by atoms with van der Waals surface area (Å²) in [4.78, 5) is 2.03. The first-order valence-electron chi connectivity index (χ1n) is 5.34. The highest BCUT2D eigenvalue weighted by Crippen LogP contribution is 2.09. The fourth-order valence-corrected chi connectivity index (χ4v) is 1.54. The van der Waals surface area contributed by atoms with Gasteiger partial charge >= 0.3 is 0 Å². The monoisotopic (exact) mass is 223 g/mol. The first-order chi connectivity index (χ1) is 7.59. The van der Waals surface area contributed by atoms with E-state index < -0.39 is 0 Å². The van der Waals surface area contributed by atoms with E-state index in [1.807, 2.05) is 18.0 Å². The second kappa shape index (κ2) is 6.23. The molecule has 0 aliphatic rings. The van der Waals surface area contributed by atoms with Gasteiger partial charge in [0.25, 0.3) is 0 Å². The van der Waals surface area contributed by atoms with Gasteiger partial charge in [0.1, 0.15) is 5.82 Å². The second-order valence-electron chi connectivity index (χ2n) is 3.96. The van der Waals surface area contributed by atoms with Gasteiger partial charge in [-0.3, -0.25) is 5.41 Å². The molecule has 0 unspecified atom stereocenters. The number of nitrogens with two attached hydrogens (primary N) is 1. The van der Waals surface area contributed by atoms with E-state index in [1.165, 1.54) is 6.07 Å². The van der Waals surface area contributed by atoms with E-state index in [0.29, 0.717) is 18.5 Å². The number of hydrogen-bond acceptors (Lipinski definition) is 2. The molecule has 0 fully saturated rings. The van der Waals surface area contributed by atoms with Gasteiger partial charge in [-0.15, -0.1) is 0 Å². The molecule has 1 aromatic rings. The van der Waals surface area contributed by atoms with E-state index in [9.17, 15) is 4.39 Å². The van der Waals surface area contributed by atoms with Gasteiger partial charge in [0, 0.05) is 18.5 Å². The standard InChI is InChI=1S/C12H18FN3/c1-16(8-4-7-12(14)15)9-10-5-2-3-6-11(10)13/h2-3,5-6H,4,7-9H2,1H3,(H3,14,15). The van der Waals surface area contributed by atoms with Crippen LogP contribution in [0.4, 0.5) is 4.39 Å². The molecule has 88 valence electrons. The van der Waals surface area contributed by atoms with Gasteiger partial charge in [-0.25, -0.2) is 4.39 Å². The first kappa shape index (κ1) is 12.6. The Morgan fingerprint density at radius 2 is 2.12 bits per heavy atom. The molecule has 0 spiro atoms. The van der Waals surface area contributed by atoms with Crippen LogP contribution in [0.3, 0.4) is 0 Å². The minimum Gasteiger partial charge on any atom is -0.388 e. The van der Waals surface area contributed by atoms with Gasteiger partial charge in [-0.2, -0.15) is 0 Å². The highest BCUT2D eigenvalue weighted by molar-refractivity contribution is 5.76. The average molecular weight is 223 g/mol. The minimum absolute atomic E-state index is 0.166. The van der Waals surface area contributed by atoms with Crippen LogP contribution in [0.2, 0.25) is 0 Å². The normalized spacial score (nSPS) is 10.7. The van der Waals surface area contributed by atoms with Gasteiger partial charge in [0.05, 0.1) is 5.84 Å². The molecule has 0 aromatic heterocycles. The van der Waals surface area contributed by atoms with Gasteiger partial charge in [-0.05, 0) is 26.1 Å². The SMILES string of the molecule is CN(CCCC(=N)N)Cc1ccccc1F. The topological polar surface area (TPSA) is 53.1 Å². The summed E-state index contributed by atoms with van der Waals surface area (Å²) in [6, 6.07) is 6.78. The quantitative estimate of drug-likeness (QED) is 0.572. The Balaban J connectivity index is 2.37. The van der Waals surface area contributed by atoms with E-state index in [-0.39, 0.29) is 11.7 Å². The van der Waals surface area contributed by atoms with Crippen LogP contribution in [0.5, 0.6) is 0 Å². The summed E-state index contributed by atoms with van der Waals surface area (Å²) in [5.41, 5.74) is 5.96. The van der Waals surface area contributed by atoms with Crippen molar-refractivity contribution >= 4 is 5.84 Å². The van der Waals surface area contributed by atoms with E-state index in [1.54, 1.807) is 12.1 Å². The lowest BCUT2D eigenvalue weighted by Crippen LogP contribution is -2.21. The van der Waals surface area contributed by atoms with Crippen molar-refractivity contribution in [2.24, 2.45) is 5.73 Å². The third-order valence-corrected chi connectivity index (χ3v) is 2.38. The zero-order chi connectivity index (χ0) is 12.0. The fraction of sp³-hybridized carbons (Fsp3) is 0.417. The lowest BCUT2D eigenvalue weighted by Gasteiger charge is -2.16. The molecule has 0 radical (unpaired) electrons. The lowest BCUT2D eigenvalue weighted by atomic mass is 10.2. The Morgan fingerprint density at radius 3 is 2.75 bits per heavy atom. The van der Waals surface area contributed by atoms with E-state index in [2.05, 4.69) is 0 Å². The molecule has 0 atom stereocenters. The van der Waals surface area contributed by atoms with Crippen LogP contribution >= 0.6 is 0 Å². The molecule has 0 aliphatic carbocycles.